The van der Waals surface area contributed by atoms with Gasteiger partial charge in [-0.2, -0.15) is 0 Å². The predicted octanol–water partition coefficient (Wildman–Crippen LogP) is 5.43. The maximum absolute atomic E-state index is 12.2. The van der Waals surface area contributed by atoms with Crippen LogP contribution in [0, 0.1) is 6.92 Å². The van der Waals surface area contributed by atoms with Gasteiger partial charge in [0.05, 0.1) is 7.11 Å². The third-order valence-corrected chi connectivity index (χ3v) is 5.68. The molecule has 0 aliphatic rings. The molecule has 158 valence electrons. The molecule has 0 saturated heterocycles. The summed E-state index contributed by atoms with van der Waals surface area (Å²) in [6.07, 6.45) is 0. The van der Waals surface area contributed by atoms with E-state index in [0.29, 0.717) is 34.8 Å². The first-order valence-electron chi connectivity index (χ1n) is 9.85. The van der Waals surface area contributed by atoms with E-state index in [0.717, 1.165) is 27.8 Å². The van der Waals surface area contributed by atoms with E-state index in [1.54, 1.807) is 14.0 Å². The molecule has 31 heavy (non-hydrogen) atoms. The van der Waals surface area contributed by atoms with Gasteiger partial charge in [0.1, 0.15) is 17.1 Å². The second kappa shape index (κ2) is 8.84. The van der Waals surface area contributed by atoms with Crippen molar-refractivity contribution in [2.75, 3.05) is 7.11 Å². The van der Waals surface area contributed by atoms with Gasteiger partial charge in [-0.15, -0.1) is 0 Å². The van der Waals surface area contributed by atoms with Crippen LogP contribution in [0.1, 0.15) is 16.7 Å². The number of aromatic hydroxyl groups is 1. The minimum Gasteiger partial charge on any atom is -0.507 e. The molecule has 4 aromatic rings. The zero-order valence-electron chi connectivity index (χ0n) is 17.2. The quantitative estimate of drug-likeness (QED) is 0.395. The molecule has 0 aliphatic carbocycles. The summed E-state index contributed by atoms with van der Waals surface area (Å²) >= 11 is 6.23. The van der Waals surface area contributed by atoms with Gasteiger partial charge < -0.3 is 19.6 Å². The molecule has 0 fully saturated rings. The van der Waals surface area contributed by atoms with Crippen LogP contribution in [0.3, 0.4) is 0 Å². The summed E-state index contributed by atoms with van der Waals surface area (Å²) in [7, 11) is 1.61. The number of methoxy groups -OCH3 is 1. The van der Waals surface area contributed by atoms with Gasteiger partial charge in [0.25, 0.3) is 0 Å². The fourth-order valence-electron chi connectivity index (χ4n) is 3.63. The molecule has 3 aromatic carbocycles. The largest absolute Gasteiger partial charge is 0.507 e. The molecule has 0 radical (unpaired) electrons. The van der Waals surface area contributed by atoms with Gasteiger partial charge in [0, 0.05) is 40.7 Å². The van der Waals surface area contributed by atoms with Crippen LogP contribution in [0.15, 0.2) is 69.9 Å². The summed E-state index contributed by atoms with van der Waals surface area (Å²) in [6.45, 7) is 2.73. The fraction of sp³-hybridized carbons (Fsp3) is 0.160. The summed E-state index contributed by atoms with van der Waals surface area (Å²) < 4.78 is 10.7. The lowest BCUT2D eigenvalue weighted by molar-refractivity contribution is 0.415. The normalized spacial score (nSPS) is 11.1. The maximum Gasteiger partial charge on any atom is 0.336 e. The first kappa shape index (κ1) is 21.0. The average Bonchev–Trinajstić information content (AvgIpc) is 2.78. The van der Waals surface area contributed by atoms with Crippen LogP contribution in [0.4, 0.5) is 0 Å². The molecule has 0 amide bonds. The Balaban J connectivity index is 1.73. The fourth-order valence-corrected chi connectivity index (χ4v) is 3.84. The van der Waals surface area contributed by atoms with Gasteiger partial charge in [-0.1, -0.05) is 41.9 Å². The standard InChI is InChI=1S/C25H22ClNO4/c1-15-24(29)18(14-27-13-17-5-3-4-6-22(17)26)11-21-20(12-23(28)31-25(15)21)16-7-9-19(30-2)10-8-16/h3-12,27,29H,13-14H2,1-2H3. The summed E-state index contributed by atoms with van der Waals surface area (Å²) in [4.78, 5) is 12.2. The lowest BCUT2D eigenvalue weighted by Gasteiger charge is -2.14. The lowest BCUT2D eigenvalue weighted by Crippen LogP contribution is -2.13. The van der Waals surface area contributed by atoms with Gasteiger partial charge in [-0.3, -0.25) is 0 Å². The zero-order chi connectivity index (χ0) is 22.0. The van der Waals surface area contributed by atoms with Gasteiger partial charge in [-0.25, -0.2) is 4.79 Å². The molecule has 0 aliphatic heterocycles. The smallest absolute Gasteiger partial charge is 0.336 e. The molecule has 0 bridgehead atoms. The number of aryl methyl sites for hydroxylation is 1. The molecule has 0 atom stereocenters. The number of hydrogen-bond acceptors (Lipinski definition) is 5. The third-order valence-electron chi connectivity index (χ3n) is 5.31. The van der Waals surface area contributed by atoms with Crippen molar-refractivity contribution in [1.82, 2.24) is 5.32 Å². The first-order chi connectivity index (χ1) is 15.0. The molecule has 5 nitrogen and oxygen atoms in total. The predicted molar refractivity (Wildman–Crippen MR) is 123 cm³/mol. The number of phenols is 1. The number of nitrogens with one attached hydrogen (secondary N) is 1. The number of ether oxygens (including phenoxy) is 1. The monoisotopic (exact) mass is 435 g/mol. The number of rotatable bonds is 6. The lowest BCUT2D eigenvalue weighted by atomic mass is 9.97. The van der Waals surface area contributed by atoms with Crippen molar-refractivity contribution in [3.8, 4) is 22.6 Å². The van der Waals surface area contributed by atoms with Gasteiger partial charge in [0.2, 0.25) is 0 Å². The Morgan fingerprint density at radius 3 is 2.45 bits per heavy atom. The van der Waals surface area contributed by atoms with Crippen LogP contribution in [-0.4, -0.2) is 12.2 Å². The van der Waals surface area contributed by atoms with Gasteiger partial charge in [0.15, 0.2) is 0 Å². The van der Waals surface area contributed by atoms with E-state index in [9.17, 15) is 9.90 Å². The van der Waals surface area contributed by atoms with Crippen LogP contribution >= 0.6 is 11.6 Å². The van der Waals surface area contributed by atoms with Crippen LogP contribution < -0.4 is 15.7 Å². The topological polar surface area (TPSA) is 71.7 Å². The van der Waals surface area contributed by atoms with Crippen molar-refractivity contribution >= 4 is 22.6 Å². The SMILES string of the molecule is COc1ccc(-c2cc(=O)oc3c(C)c(O)c(CNCc4ccccc4Cl)cc23)cc1. The van der Waals surface area contributed by atoms with E-state index >= 15 is 0 Å². The number of benzene rings is 3. The Morgan fingerprint density at radius 2 is 1.74 bits per heavy atom. The highest BCUT2D eigenvalue weighted by Crippen LogP contribution is 2.35. The maximum atomic E-state index is 12.2. The second-order valence-electron chi connectivity index (χ2n) is 7.29. The highest BCUT2D eigenvalue weighted by Gasteiger charge is 2.16. The second-order valence-corrected chi connectivity index (χ2v) is 7.70. The van der Waals surface area contributed by atoms with Crippen molar-refractivity contribution in [2.24, 2.45) is 0 Å². The Morgan fingerprint density at radius 1 is 1.03 bits per heavy atom. The Hall–Kier alpha value is -3.28. The molecule has 1 aromatic heterocycles. The van der Waals surface area contributed by atoms with Gasteiger partial charge >= 0.3 is 5.63 Å². The Kier molecular flexibility index (Phi) is 5.98. The van der Waals surface area contributed by atoms with E-state index in [-0.39, 0.29) is 5.75 Å². The summed E-state index contributed by atoms with van der Waals surface area (Å²) in [5.41, 5.74) is 3.73. The molecule has 1 heterocycles. The molecule has 4 rings (SSSR count). The van der Waals surface area contributed by atoms with Crippen molar-refractivity contribution < 1.29 is 14.3 Å². The number of hydrogen-bond donors (Lipinski definition) is 2. The van der Waals surface area contributed by atoms with Crippen LogP contribution in [0.5, 0.6) is 11.5 Å². The summed E-state index contributed by atoms with van der Waals surface area (Å²) in [5, 5.41) is 15.5. The molecule has 0 saturated carbocycles. The van der Waals surface area contributed by atoms with Crippen molar-refractivity contribution in [3.63, 3.8) is 0 Å². The molecule has 6 heteroatoms. The molecular weight excluding hydrogens is 414 g/mol. The molecule has 0 unspecified atom stereocenters. The minimum absolute atomic E-state index is 0.106. The number of phenolic OH excluding ortho intramolecular Hbond substituents is 1. The number of halogens is 1. The van der Waals surface area contributed by atoms with E-state index < -0.39 is 5.63 Å². The van der Waals surface area contributed by atoms with Crippen LogP contribution in [0.25, 0.3) is 22.1 Å². The molecule has 2 N–H and O–H groups in total. The highest BCUT2D eigenvalue weighted by molar-refractivity contribution is 6.31. The van der Waals surface area contributed by atoms with Crippen LogP contribution in [-0.2, 0) is 13.1 Å². The van der Waals surface area contributed by atoms with E-state index in [1.165, 1.54) is 6.07 Å². The molecule has 0 spiro atoms. The Labute approximate surface area is 184 Å². The summed E-state index contributed by atoms with van der Waals surface area (Å²) in [6, 6.07) is 18.4. The van der Waals surface area contributed by atoms with E-state index in [4.69, 9.17) is 20.8 Å². The van der Waals surface area contributed by atoms with Crippen LogP contribution in [0.2, 0.25) is 5.02 Å². The first-order valence-corrected chi connectivity index (χ1v) is 10.2. The van der Waals surface area contributed by atoms with Gasteiger partial charge in [-0.05, 0) is 47.9 Å². The average molecular weight is 436 g/mol. The van der Waals surface area contributed by atoms with Crippen molar-refractivity contribution in [3.05, 3.63) is 92.8 Å². The number of fused-ring (bicyclic) bond motifs is 1. The van der Waals surface area contributed by atoms with E-state index in [1.807, 2.05) is 54.6 Å². The van der Waals surface area contributed by atoms with Crippen molar-refractivity contribution in [1.29, 1.82) is 0 Å². The molecular formula is C25H22ClNO4. The Bertz CT molecular complexity index is 1300. The summed E-state index contributed by atoms with van der Waals surface area (Å²) in [5.74, 6) is 0.837. The zero-order valence-corrected chi connectivity index (χ0v) is 18.0. The van der Waals surface area contributed by atoms with E-state index in [2.05, 4.69) is 5.32 Å². The minimum atomic E-state index is -0.467. The third kappa shape index (κ3) is 4.29. The highest BCUT2D eigenvalue weighted by atomic mass is 35.5. The van der Waals surface area contributed by atoms with Crippen molar-refractivity contribution in [2.45, 2.75) is 20.0 Å².